The minimum atomic E-state index is -0.295. The van der Waals surface area contributed by atoms with Gasteiger partial charge in [0, 0.05) is 11.6 Å². The number of nitrogens with zero attached hydrogens (tertiary/aromatic N) is 2. The van der Waals surface area contributed by atoms with E-state index in [1.165, 1.54) is 0 Å². The monoisotopic (exact) mass is 228 g/mol. The van der Waals surface area contributed by atoms with Crippen molar-refractivity contribution in [3.8, 4) is 5.69 Å². The number of para-hydroxylation sites is 1. The lowest BCUT2D eigenvalue weighted by Gasteiger charge is -2.16. The van der Waals surface area contributed by atoms with E-state index in [4.69, 9.17) is 0 Å². The predicted molar refractivity (Wildman–Crippen MR) is 66.2 cm³/mol. The summed E-state index contributed by atoms with van der Waals surface area (Å²) in [7, 11) is 0. The number of rotatable bonds is 3. The molecule has 1 aliphatic rings. The Balaban J connectivity index is 1.94. The van der Waals surface area contributed by atoms with Gasteiger partial charge in [-0.05, 0) is 37.5 Å². The summed E-state index contributed by atoms with van der Waals surface area (Å²) < 4.78 is 1.87. The Bertz CT molecular complexity index is 512. The molecular formula is C14H16N2O. The van der Waals surface area contributed by atoms with Crippen LogP contribution >= 0.6 is 0 Å². The second kappa shape index (κ2) is 3.70. The van der Waals surface area contributed by atoms with E-state index >= 15 is 0 Å². The first-order valence-electron chi connectivity index (χ1n) is 6.01. The summed E-state index contributed by atoms with van der Waals surface area (Å²) in [5, 5.41) is 14.2. The van der Waals surface area contributed by atoms with Crippen molar-refractivity contribution >= 4 is 0 Å². The van der Waals surface area contributed by atoms with E-state index in [0.717, 1.165) is 24.1 Å². The van der Waals surface area contributed by atoms with Gasteiger partial charge in [0.1, 0.15) is 0 Å². The molecule has 3 nitrogen and oxygen atoms in total. The van der Waals surface area contributed by atoms with Gasteiger partial charge in [-0.3, -0.25) is 0 Å². The van der Waals surface area contributed by atoms with Crippen LogP contribution in [-0.4, -0.2) is 21.0 Å². The molecule has 3 heteroatoms. The van der Waals surface area contributed by atoms with Crippen LogP contribution in [0.1, 0.15) is 25.3 Å². The molecule has 1 aromatic carbocycles. The Morgan fingerprint density at radius 1 is 1.29 bits per heavy atom. The molecule has 1 fully saturated rings. The zero-order valence-electron chi connectivity index (χ0n) is 9.87. The van der Waals surface area contributed by atoms with Gasteiger partial charge >= 0.3 is 0 Å². The number of aliphatic hydroxyl groups excluding tert-OH is 1. The lowest BCUT2D eigenvalue weighted by molar-refractivity contribution is 0.150. The highest BCUT2D eigenvalue weighted by atomic mass is 16.3. The topological polar surface area (TPSA) is 38.1 Å². The van der Waals surface area contributed by atoms with Crippen LogP contribution in [0.15, 0.2) is 42.7 Å². The van der Waals surface area contributed by atoms with Crippen LogP contribution in [0.4, 0.5) is 0 Å². The van der Waals surface area contributed by atoms with Gasteiger partial charge in [-0.15, -0.1) is 0 Å². The summed E-state index contributed by atoms with van der Waals surface area (Å²) >= 11 is 0. The highest BCUT2D eigenvalue weighted by Crippen LogP contribution is 2.50. The fourth-order valence-electron chi connectivity index (χ4n) is 2.38. The van der Waals surface area contributed by atoms with Gasteiger partial charge in [0.05, 0.1) is 18.0 Å². The van der Waals surface area contributed by atoms with Gasteiger partial charge in [0.2, 0.25) is 0 Å². The van der Waals surface area contributed by atoms with Crippen LogP contribution in [0.3, 0.4) is 0 Å². The zero-order valence-corrected chi connectivity index (χ0v) is 9.87. The van der Waals surface area contributed by atoms with Crippen LogP contribution in [0.2, 0.25) is 0 Å². The van der Waals surface area contributed by atoms with Crippen molar-refractivity contribution in [1.29, 1.82) is 0 Å². The van der Waals surface area contributed by atoms with Crippen molar-refractivity contribution < 1.29 is 5.11 Å². The van der Waals surface area contributed by atoms with Crippen LogP contribution in [0, 0.1) is 0 Å². The maximum atomic E-state index is 9.84. The second-order valence-corrected chi connectivity index (χ2v) is 4.84. The number of aromatic nitrogens is 2. The minimum absolute atomic E-state index is 0.0347. The standard InChI is InChI=1S/C14H16N2O/c1-11(17)14(7-8-14)12-9-15-16(10-12)13-5-3-2-4-6-13/h2-6,9-11,17H,7-8H2,1H3. The first-order chi connectivity index (χ1) is 8.22. The Morgan fingerprint density at radius 2 is 2.00 bits per heavy atom. The third-order valence-corrected chi connectivity index (χ3v) is 3.77. The molecule has 0 bridgehead atoms. The van der Waals surface area contributed by atoms with Crippen LogP contribution in [-0.2, 0) is 5.41 Å². The summed E-state index contributed by atoms with van der Waals surface area (Å²) in [6, 6.07) is 10.0. The molecule has 1 aromatic heterocycles. The SMILES string of the molecule is CC(O)C1(c2cnn(-c3ccccc3)c2)CC1. The van der Waals surface area contributed by atoms with E-state index in [9.17, 15) is 5.11 Å². The average Bonchev–Trinajstić information content (AvgIpc) is 3.02. The molecule has 1 saturated carbocycles. The van der Waals surface area contributed by atoms with Crippen molar-refractivity contribution in [2.75, 3.05) is 0 Å². The minimum Gasteiger partial charge on any atom is -0.392 e. The largest absolute Gasteiger partial charge is 0.392 e. The maximum Gasteiger partial charge on any atom is 0.0645 e. The van der Waals surface area contributed by atoms with Crippen LogP contribution in [0.5, 0.6) is 0 Å². The summed E-state index contributed by atoms with van der Waals surface area (Å²) in [4.78, 5) is 0. The number of hydrogen-bond acceptors (Lipinski definition) is 2. The first kappa shape index (κ1) is 10.5. The molecule has 0 spiro atoms. The van der Waals surface area contributed by atoms with Crippen molar-refractivity contribution in [1.82, 2.24) is 9.78 Å². The first-order valence-corrected chi connectivity index (χ1v) is 6.01. The third kappa shape index (κ3) is 1.67. The van der Waals surface area contributed by atoms with Crippen molar-refractivity contribution in [3.05, 3.63) is 48.3 Å². The zero-order chi connectivity index (χ0) is 11.9. The number of hydrogen-bond donors (Lipinski definition) is 1. The normalized spacial score (nSPS) is 18.9. The quantitative estimate of drug-likeness (QED) is 0.875. The van der Waals surface area contributed by atoms with Gasteiger partial charge in [-0.1, -0.05) is 18.2 Å². The second-order valence-electron chi connectivity index (χ2n) is 4.84. The molecule has 0 saturated heterocycles. The Kier molecular flexibility index (Phi) is 2.30. The molecule has 3 rings (SSSR count). The lowest BCUT2D eigenvalue weighted by atomic mass is 9.94. The number of benzene rings is 1. The molecule has 1 unspecified atom stereocenters. The van der Waals surface area contributed by atoms with Crippen LogP contribution < -0.4 is 0 Å². The maximum absolute atomic E-state index is 9.84. The van der Waals surface area contributed by atoms with Crippen molar-refractivity contribution in [2.45, 2.75) is 31.3 Å². The Hall–Kier alpha value is -1.61. The summed E-state index contributed by atoms with van der Waals surface area (Å²) in [6.07, 6.45) is 5.74. The average molecular weight is 228 g/mol. The molecule has 0 aliphatic heterocycles. The smallest absolute Gasteiger partial charge is 0.0645 e. The van der Waals surface area contributed by atoms with Gasteiger partial charge in [0.15, 0.2) is 0 Å². The van der Waals surface area contributed by atoms with Crippen molar-refractivity contribution in [3.63, 3.8) is 0 Å². The fourth-order valence-corrected chi connectivity index (χ4v) is 2.38. The molecule has 0 amide bonds. The molecule has 1 heterocycles. The Labute approximate surface area is 101 Å². The van der Waals surface area contributed by atoms with Gasteiger partial charge < -0.3 is 5.11 Å². The van der Waals surface area contributed by atoms with E-state index in [-0.39, 0.29) is 11.5 Å². The molecule has 2 aromatic rings. The van der Waals surface area contributed by atoms with E-state index in [2.05, 4.69) is 5.10 Å². The Morgan fingerprint density at radius 3 is 2.59 bits per heavy atom. The molecule has 88 valence electrons. The molecular weight excluding hydrogens is 212 g/mol. The summed E-state index contributed by atoms with van der Waals surface area (Å²) in [5.74, 6) is 0. The van der Waals surface area contributed by atoms with Gasteiger partial charge in [-0.25, -0.2) is 4.68 Å². The summed E-state index contributed by atoms with van der Waals surface area (Å²) in [5.41, 5.74) is 2.17. The van der Waals surface area contributed by atoms with E-state index < -0.39 is 0 Å². The molecule has 1 N–H and O–H groups in total. The predicted octanol–water partition coefficient (Wildman–Crippen LogP) is 2.28. The highest BCUT2D eigenvalue weighted by molar-refractivity contribution is 5.35. The van der Waals surface area contributed by atoms with E-state index in [0.29, 0.717) is 0 Å². The molecule has 1 aliphatic carbocycles. The summed E-state index contributed by atoms with van der Waals surface area (Å²) in [6.45, 7) is 1.87. The van der Waals surface area contributed by atoms with E-state index in [1.807, 2.05) is 54.3 Å². The molecule has 0 radical (unpaired) electrons. The fraction of sp³-hybridized carbons (Fsp3) is 0.357. The van der Waals surface area contributed by atoms with Gasteiger partial charge in [-0.2, -0.15) is 5.10 Å². The van der Waals surface area contributed by atoms with Gasteiger partial charge in [0.25, 0.3) is 0 Å². The highest BCUT2D eigenvalue weighted by Gasteiger charge is 2.49. The van der Waals surface area contributed by atoms with E-state index in [1.54, 1.807) is 0 Å². The van der Waals surface area contributed by atoms with Crippen LogP contribution in [0.25, 0.3) is 5.69 Å². The molecule has 1 atom stereocenters. The third-order valence-electron chi connectivity index (χ3n) is 3.77. The lowest BCUT2D eigenvalue weighted by Crippen LogP contribution is -2.21. The number of aliphatic hydroxyl groups is 1. The molecule has 17 heavy (non-hydrogen) atoms. The van der Waals surface area contributed by atoms with Crippen molar-refractivity contribution in [2.24, 2.45) is 0 Å².